The molecule has 1 aliphatic heterocycles. The van der Waals surface area contributed by atoms with E-state index in [0.717, 1.165) is 19.3 Å². The van der Waals surface area contributed by atoms with Crippen molar-refractivity contribution in [3.05, 3.63) is 0 Å². The molecule has 0 bridgehead atoms. The van der Waals surface area contributed by atoms with Crippen molar-refractivity contribution in [1.29, 1.82) is 0 Å². The Balaban J connectivity index is 1.83. The first-order valence-electron chi connectivity index (χ1n) is 5.88. The highest BCUT2D eigenvalue weighted by molar-refractivity contribution is 7.99. The minimum absolute atomic E-state index is 0.120. The molecule has 0 radical (unpaired) electrons. The van der Waals surface area contributed by atoms with Crippen molar-refractivity contribution < 1.29 is 9.59 Å². The summed E-state index contributed by atoms with van der Waals surface area (Å²) in [5.74, 6) is -0.249. The van der Waals surface area contributed by atoms with Crippen LogP contribution >= 0.6 is 11.8 Å². The van der Waals surface area contributed by atoms with Gasteiger partial charge in [-0.2, -0.15) is 16.9 Å². The van der Waals surface area contributed by atoms with E-state index < -0.39 is 0 Å². The lowest BCUT2D eigenvalue weighted by atomic mass is 10.1. The molecule has 1 fully saturated rings. The Labute approximate surface area is 105 Å². The van der Waals surface area contributed by atoms with Gasteiger partial charge in [-0.25, -0.2) is 5.43 Å². The Bertz CT molecular complexity index is 357. The zero-order valence-corrected chi connectivity index (χ0v) is 10.7. The molecule has 2 aliphatic rings. The number of hydrogen-bond donors (Lipinski definition) is 2. The number of nitrogens with one attached hydrogen (secondary N) is 2. The molecule has 5 nitrogen and oxygen atoms in total. The first-order chi connectivity index (χ1) is 8.19. The summed E-state index contributed by atoms with van der Waals surface area (Å²) >= 11 is 1.86. The van der Waals surface area contributed by atoms with Gasteiger partial charge >= 0.3 is 0 Å². The van der Waals surface area contributed by atoms with E-state index in [0.29, 0.717) is 23.8 Å². The van der Waals surface area contributed by atoms with Crippen molar-refractivity contribution in [1.82, 2.24) is 10.7 Å². The quantitative estimate of drug-likeness (QED) is 0.778. The molecule has 94 valence electrons. The van der Waals surface area contributed by atoms with Crippen molar-refractivity contribution in [3.8, 4) is 0 Å². The maximum absolute atomic E-state index is 11.9. The van der Waals surface area contributed by atoms with E-state index in [-0.39, 0.29) is 17.9 Å². The van der Waals surface area contributed by atoms with Gasteiger partial charge in [0.2, 0.25) is 5.91 Å². The second kappa shape index (κ2) is 5.53. The second-order valence-corrected chi connectivity index (χ2v) is 5.57. The molecule has 0 aromatic heterocycles. The van der Waals surface area contributed by atoms with Gasteiger partial charge in [-0.15, -0.1) is 0 Å². The van der Waals surface area contributed by atoms with Gasteiger partial charge in [-0.1, -0.05) is 0 Å². The van der Waals surface area contributed by atoms with E-state index in [1.807, 2.05) is 11.8 Å². The highest BCUT2D eigenvalue weighted by atomic mass is 32.2. The van der Waals surface area contributed by atoms with Crippen molar-refractivity contribution in [2.24, 2.45) is 5.10 Å². The van der Waals surface area contributed by atoms with Gasteiger partial charge in [-0.3, -0.25) is 9.59 Å². The van der Waals surface area contributed by atoms with Crippen LogP contribution in [0, 0.1) is 0 Å². The molecule has 2 atom stereocenters. The summed E-state index contributed by atoms with van der Waals surface area (Å²) < 4.78 is 0. The number of amides is 2. The number of carbonyl (C=O) groups is 2. The third-order valence-electron chi connectivity index (χ3n) is 3.22. The van der Waals surface area contributed by atoms with Crippen molar-refractivity contribution >= 4 is 29.3 Å². The zero-order valence-electron chi connectivity index (χ0n) is 9.86. The predicted octanol–water partition coefficient (Wildman–Crippen LogP) is 0.653. The molecule has 1 saturated carbocycles. The lowest BCUT2D eigenvalue weighted by Crippen LogP contribution is -2.41. The molecular formula is C11H17N3O2S. The van der Waals surface area contributed by atoms with Crippen LogP contribution in [0.4, 0.5) is 0 Å². The predicted molar refractivity (Wildman–Crippen MR) is 67.9 cm³/mol. The molecule has 0 aromatic rings. The van der Waals surface area contributed by atoms with E-state index in [9.17, 15) is 9.59 Å². The fourth-order valence-corrected chi connectivity index (χ4v) is 2.99. The van der Waals surface area contributed by atoms with Crippen LogP contribution in [0.5, 0.6) is 0 Å². The summed E-state index contributed by atoms with van der Waals surface area (Å²) in [6.07, 6.45) is 6.13. The van der Waals surface area contributed by atoms with Crippen LogP contribution in [0.15, 0.2) is 5.10 Å². The third kappa shape index (κ3) is 3.21. The number of rotatable bonds is 3. The van der Waals surface area contributed by atoms with E-state index in [4.69, 9.17) is 0 Å². The van der Waals surface area contributed by atoms with Crippen LogP contribution in [0.3, 0.4) is 0 Å². The van der Waals surface area contributed by atoms with Gasteiger partial charge in [0.1, 0.15) is 5.71 Å². The summed E-state index contributed by atoms with van der Waals surface area (Å²) in [4.78, 5) is 22.8. The van der Waals surface area contributed by atoms with Gasteiger partial charge in [-0.05, 0) is 25.5 Å². The number of nitrogens with zero attached hydrogens (tertiary/aromatic N) is 1. The number of hydrogen-bond acceptors (Lipinski definition) is 4. The molecule has 0 aromatic carbocycles. The minimum atomic E-state index is -0.128. The molecule has 0 saturated heterocycles. The Morgan fingerprint density at radius 1 is 1.47 bits per heavy atom. The van der Waals surface area contributed by atoms with Crippen LogP contribution < -0.4 is 10.7 Å². The molecule has 6 heteroatoms. The van der Waals surface area contributed by atoms with Crippen LogP contribution in [-0.4, -0.2) is 35.1 Å². The summed E-state index contributed by atoms with van der Waals surface area (Å²) in [5, 5.41) is 7.45. The van der Waals surface area contributed by atoms with Gasteiger partial charge < -0.3 is 5.32 Å². The average molecular weight is 255 g/mol. The van der Waals surface area contributed by atoms with Crippen LogP contribution in [-0.2, 0) is 9.59 Å². The number of hydrazone groups is 1. The third-order valence-corrected chi connectivity index (χ3v) is 4.31. The molecule has 2 N–H and O–H groups in total. The topological polar surface area (TPSA) is 70.6 Å². The smallest absolute Gasteiger partial charge is 0.267 e. The van der Waals surface area contributed by atoms with Gasteiger partial charge in [0.25, 0.3) is 5.91 Å². The lowest BCUT2D eigenvalue weighted by Gasteiger charge is -2.15. The highest BCUT2D eigenvalue weighted by Crippen LogP contribution is 2.28. The lowest BCUT2D eigenvalue weighted by molar-refractivity contribution is -0.121. The van der Waals surface area contributed by atoms with Crippen molar-refractivity contribution in [2.75, 3.05) is 6.26 Å². The van der Waals surface area contributed by atoms with Crippen LogP contribution in [0.2, 0.25) is 0 Å². The van der Waals surface area contributed by atoms with Gasteiger partial charge in [0.05, 0.1) is 0 Å². The van der Waals surface area contributed by atoms with Gasteiger partial charge in [0.15, 0.2) is 0 Å². The molecule has 1 heterocycles. The SMILES string of the molecule is CSC1CCC(NC(=O)C2=NNC(=O)CC2)C1. The fourth-order valence-electron chi connectivity index (χ4n) is 2.19. The second-order valence-electron chi connectivity index (χ2n) is 4.43. The average Bonchev–Trinajstić information content (AvgIpc) is 2.77. The Kier molecular flexibility index (Phi) is 4.04. The summed E-state index contributed by atoms with van der Waals surface area (Å²) in [7, 11) is 0. The molecule has 0 spiro atoms. The number of thioether (sulfide) groups is 1. The normalized spacial score (nSPS) is 28.5. The van der Waals surface area contributed by atoms with E-state index in [1.54, 1.807) is 0 Å². The minimum Gasteiger partial charge on any atom is -0.348 e. The van der Waals surface area contributed by atoms with E-state index in [1.165, 1.54) is 0 Å². The standard InChI is InChI=1S/C11H17N3O2S/c1-17-8-3-2-7(6-8)12-11(16)9-4-5-10(15)14-13-9/h7-8H,2-6H2,1H3,(H,12,16)(H,14,15). The fraction of sp³-hybridized carbons (Fsp3) is 0.727. The molecule has 17 heavy (non-hydrogen) atoms. The highest BCUT2D eigenvalue weighted by Gasteiger charge is 2.27. The van der Waals surface area contributed by atoms with Gasteiger partial charge in [0, 0.05) is 24.1 Å². The van der Waals surface area contributed by atoms with E-state index in [2.05, 4.69) is 22.1 Å². The molecule has 2 amide bonds. The largest absolute Gasteiger partial charge is 0.348 e. The Morgan fingerprint density at radius 2 is 2.29 bits per heavy atom. The molecule has 1 aliphatic carbocycles. The molecular weight excluding hydrogens is 238 g/mol. The Morgan fingerprint density at radius 3 is 2.88 bits per heavy atom. The van der Waals surface area contributed by atoms with Crippen LogP contribution in [0.1, 0.15) is 32.1 Å². The monoisotopic (exact) mass is 255 g/mol. The van der Waals surface area contributed by atoms with Crippen molar-refractivity contribution in [2.45, 2.75) is 43.4 Å². The van der Waals surface area contributed by atoms with E-state index >= 15 is 0 Å². The maximum atomic E-state index is 11.9. The molecule has 2 rings (SSSR count). The summed E-state index contributed by atoms with van der Waals surface area (Å²) in [5.41, 5.74) is 2.78. The van der Waals surface area contributed by atoms with Crippen molar-refractivity contribution in [3.63, 3.8) is 0 Å². The zero-order chi connectivity index (χ0) is 12.3. The molecule has 2 unspecified atom stereocenters. The van der Waals surface area contributed by atoms with Crippen LogP contribution in [0.25, 0.3) is 0 Å². The number of carbonyl (C=O) groups excluding carboxylic acids is 2. The maximum Gasteiger partial charge on any atom is 0.267 e. The summed E-state index contributed by atoms with van der Waals surface area (Å²) in [6, 6.07) is 0.264. The Hall–Kier alpha value is -1.04. The summed E-state index contributed by atoms with van der Waals surface area (Å²) in [6.45, 7) is 0. The first kappa shape index (κ1) is 12.4. The first-order valence-corrected chi connectivity index (χ1v) is 7.17.